The van der Waals surface area contributed by atoms with Gasteiger partial charge in [0.25, 0.3) is 0 Å². The highest BCUT2D eigenvalue weighted by Crippen LogP contribution is 2.25. The number of hydrogen-bond donors (Lipinski definition) is 1. The Morgan fingerprint density at radius 2 is 1.44 bits per heavy atom. The molecule has 1 fully saturated rings. The lowest BCUT2D eigenvalue weighted by Crippen LogP contribution is -2.57. The summed E-state index contributed by atoms with van der Waals surface area (Å²) in [7, 11) is 0. The van der Waals surface area contributed by atoms with E-state index in [2.05, 4.69) is 51.3 Å². The Labute approximate surface area is 114 Å². The Balaban J connectivity index is 2.50. The van der Waals surface area contributed by atoms with E-state index in [4.69, 9.17) is 5.73 Å². The number of hydrogen-bond acceptors (Lipinski definition) is 3. The summed E-state index contributed by atoms with van der Waals surface area (Å²) < 4.78 is 0. The van der Waals surface area contributed by atoms with Crippen molar-refractivity contribution >= 4 is 0 Å². The predicted octanol–water partition coefficient (Wildman–Crippen LogP) is 2.17. The van der Waals surface area contributed by atoms with Gasteiger partial charge in [0.05, 0.1) is 0 Å². The zero-order chi connectivity index (χ0) is 14.0. The highest BCUT2D eigenvalue weighted by molar-refractivity contribution is 4.86. The SMILES string of the molecule is CC(C)(C)CC(CN)N1CCN(C(C)(C)C)CC1. The van der Waals surface area contributed by atoms with E-state index >= 15 is 0 Å². The largest absolute Gasteiger partial charge is 0.329 e. The molecule has 18 heavy (non-hydrogen) atoms. The third-order valence-electron chi connectivity index (χ3n) is 3.90. The molecular weight excluding hydrogens is 222 g/mol. The summed E-state index contributed by atoms with van der Waals surface area (Å²) >= 11 is 0. The number of nitrogens with two attached hydrogens (primary N) is 1. The van der Waals surface area contributed by atoms with Gasteiger partial charge < -0.3 is 5.73 Å². The molecular formula is C15H33N3. The molecule has 0 amide bonds. The first-order chi connectivity index (χ1) is 8.13. The Morgan fingerprint density at radius 1 is 0.944 bits per heavy atom. The van der Waals surface area contributed by atoms with E-state index in [9.17, 15) is 0 Å². The van der Waals surface area contributed by atoms with Crippen LogP contribution in [0.15, 0.2) is 0 Å². The lowest BCUT2D eigenvalue weighted by Gasteiger charge is -2.45. The van der Waals surface area contributed by atoms with Crippen molar-refractivity contribution in [3.8, 4) is 0 Å². The lowest BCUT2D eigenvalue weighted by atomic mass is 9.87. The molecule has 1 saturated heterocycles. The summed E-state index contributed by atoms with van der Waals surface area (Å²) in [5.74, 6) is 0. The zero-order valence-electron chi connectivity index (χ0n) is 13.3. The molecule has 0 radical (unpaired) electrons. The summed E-state index contributed by atoms with van der Waals surface area (Å²) in [4.78, 5) is 5.17. The molecule has 1 rings (SSSR count). The standard InChI is InChI=1S/C15H33N3/c1-14(2,3)11-13(12-16)17-7-9-18(10-8-17)15(4,5)6/h13H,7-12,16H2,1-6H3. The molecule has 1 aliphatic heterocycles. The molecule has 3 heteroatoms. The van der Waals surface area contributed by atoms with Crippen molar-refractivity contribution in [1.82, 2.24) is 9.80 Å². The van der Waals surface area contributed by atoms with Crippen molar-refractivity contribution < 1.29 is 0 Å². The minimum Gasteiger partial charge on any atom is -0.329 e. The lowest BCUT2D eigenvalue weighted by molar-refractivity contribution is 0.0344. The second-order valence-electron chi connectivity index (χ2n) is 7.85. The van der Waals surface area contributed by atoms with Gasteiger partial charge in [-0.1, -0.05) is 20.8 Å². The molecule has 0 aromatic heterocycles. The van der Waals surface area contributed by atoms with E-state index in [1.807, 2.05) is 0 Å². The van der Waals surface area contributed by atoms with Gasteiger partial charge in [0.15, 0.2) is 0 Å². The summed E-state index contributed by atoms with van der Waals surface area (Å²) in [5.41, 5.74) is 6.64. The number of nitrogens with zero attached hydrogens (tertiary/aromatic N) is 2. The minimum absolute atomic E-state index is 0.300. The summed E-state index contributed by atoms with van der Waals surface area (Å²) in [6.07, 6.45) is 1.19. The van der Waals surface area contributed by atoms with Crippen molar-refractivity contribution in [2.75, 3.05) is 32.7 Å². The van der Waals surface area contributed by atoms with Crippen molar-refractivity contribution in [2.24, 2.45) is 11.1 Å². The number of piperazine rings is 1. The van der Waals surface area contributed by atoms with Crippen molar-refractivity contribution in [2.45, 2.75) is 59.5 Å². The van der Waals surface area contributed by atoms with Gasteiger partial charge in [0, 0.05) is 44.3 Å². The van der Waals surface area contributed by atoms with Crippen LogP contribution >= 0.6 is 0 Å². The third kappa shape index (κ3) is 4.87. The van der Waals surface area contributed by atoms with E-state index in [1.54, 1.807) is 0 Å². The molecule has 0 saturated carbocycles. The minimum atomic E-state index is 0.300. The second kappa shape index (κ2) is 5.89. The smallest absolute Gasteiger partial charge is 0.0224 e. The molecule has 0 aromatic rings. The van der Waals surface area contributed by atoms with Crippen LogP contribution in [0.2, 0.25) is 0 Å². The Kier molecular flexibility index (Phi) is 5.22. The summed E-state index contributed by atoms with van der Waals surface area (Å²) in [6.45, 7) is 19.3. The van der Waals surface area contributed by atoms with Crippen LogP contribution in [0.4, 0.5) is 0 Å². The molecule has 1 aliphatic rings. The highest BCUT2D eigenvalue weighted by Gasteiger charge is 2.30. The van der Waals surface area contributed by atoms with Crippen molar-refractivity contribution in [1.29, 1.82) is 0 Å². The molecule has 2 N–H and O–H groups in total. The fraction of sp³-hybridized carbons (Fsp3) is 1.00. The van der Waals surface area contributed by atoms with E-state index < -0.39 is 0 Å². The van der Waals surface area contributed by atoms with Gasteiger partial charge >= 0.3 is 0 Å². The monoisotopic (exact) mass is 255 g/mol. The van der Waals surface area contributed by atoms with Gasteiger partial charge in [-0.25, -0.2) is 0 Å². The average Bonchev–Trinajstić information content (AvgIpc) is 2.24. The van der Waals surface area contributed by atoms with Gasteiger partial charge in [0.2, 0.25) is 0 Å². The molecule has 1 heterocycles. The van der Waals surface area contributed by atoms with Crippen LogP contribution < -0.4 is 5.73 Å². The van der Waals surface area contributed by atoms with Gasteiger partial charge in [0.1, 0.15) is 0 Å². The zero-order valence-corrected chi connectivity index (χ0v) is 13.3. The number of rotatable bonds is 3. The summed E-state index contributed by atoms with van der Waals surface area (Å²) in [5, 5.41) is 0. The van der Waals surface area contributed by atoms with Crippen LogP contribution in [0.5, 0.6) is 0 Å². The Bertz CT molecular complexity index is 241. The topological polar surface area (TPSA) is 32.5 Å². The Hall–Kier alpha value is -0.120. The molecule has 108 valence electrons. The Morgan fingerprint density at radius 3 is 1.78 bits per heavy atom. The normalized spacial score (nSPS) is 22.2. The first-order valence-corrected chi connectivity index (χ1v) is 7.33. The van der Waals surface area contributed by atoms with Crippen molar-refractivity contribution in [3.63, 3.8) is 0 Å². The molecule has 3 nitrogen and oxygen atoms in total. The van der Waals surface area contributed by atoms with E-state index in [0.29, 0.717) is 17.0 Å². The van der Waals surface area contributed by atoms with Crippen molar-refractivity contribution in [3.05, 3.63) is 0 Å². The van der Waals surface area contributed by atoms with Gasteiger partial charge in [-0.3, -0.25) is 9.80 Å². The molecule has 0 aliphatic carbocycles. The van der Waals surface area contributed by atoms with Gasteiger partial charge in [-0.2, -0.15) is 0 Å². The van der Waals surface area contributed by atoms with E-state index in [0.717, 1.165) is 19.6 Å². The van der Waals surface area contributed by atoms with Crippen LogP contribution in [-0.2, 0) is 0 Å². The van der Waals surface area contributed by atoms with Gasteiger partial charge in [-0.05, 0) is 32.6 Å². The maximum atomic E-state index is 5.98. The highest BCUT2D eigenvalue weighted by atomic mass is 15.3. The molecule has 0 spiro atoms. The summed E-state index contributed by atoms with van der Waals surface area (Å²) in [6, 6.07) is 0.548. The van der Waals surface area contributed by atoms with Crippen LogP contribution in [0, 0.1) is 5.41 Å². The van der Waals surface area contributed by atoms with Crippen LogP contribution in [0.1, 0.15) is 48.0 Å². The maximum absolute atomic E-state index is 5.98. The predicted molar refractivity (Wildman–Crippen MR) is 79.8 cm³/mol. The second-order valence-corrected chi connectivity index (χ2v) is 7.85. The van der Waals surface area contributed by atoms with Crippen LogP contribution in [-0.4, -0.2) is 54.1 Å². The maximum Gasteiger partial charge on any atom is 0.0224 e. The van der Waals surface area contributed by atoms with Crippen LogP contribution in [0.3, 0.4) is 0 Å². The molecule has 1 unspecified atom stereocenters. The van der Waals surface area contributed by atoms with Crippen LogP contribution in [0.25, 0.3) is 0 Å². The fourth-order valence-electron chi connectivity index (χ4n) is 2.83. The molecule has 0 aromatic carbocycles. The quantitative estimate of drug-likeness (QED) is 0.839. The first kappa shape index (κ1) is 15.9. The van der Waals surface area contributed by atoms with E-state index in [1.165, 1.54) is 19.5 Å². The average molecular weight is 255 g/mol. The van der Waals surface area contributed by atoms with Gasteiger partial charge in [-0.15, -0.1) is 0 Å². The third-order valence-corrected chi connectivity index (χ3v) is 3.90. The van der Waals surface area contributed by atoms with E-state index in [-0.39, 0.29) is 0 Å². The first-order valence-electron chi connectivity index (χ1n) is 7.33. The molecule has 0 bridgehead atoms. The fourth-order valence-corrected chi connectivity index (χ4v) is 2.83. The molecule has 1 atom stereocenters.